The summed E-state index contributed by atoms with van der Waals surface area (Å²) in [5.41, 5.74) is 0.443. The highest BCUT2D eigenvalue weighted by Gasteiger charge is 2.16. The lowest BCUT2D eigenvalue weighted by Gasteiger charge is -2.22. The molecular weight excluding hydrogens is 320 g/mol. The predicted molar refractivity (Wildman–Crippen MR) is 97.2 cm³/mol. The van der Waals surface area contributed by atoms with Crippen LogP contribution < -0.4 is 5.32 Å². The van der Waals surface area contributed by atoms with Crippen molar-refractivity contribution in [3.8, 4) is 0 Å². The molecule has 140 valence electrons. The Balaban J connectivity index is 2.32. The number of nitrogens with zero attached hydrogens (tertiary/aromatic N) is 1. The molecule has 0 radical (unpaired) electrons. The Kier molecular flexibility index (Phi) is 8.99. The second-order valence-electron chi connectivity index (χ2n) is 6.85. The second kappa shape index (κ2) is 10.7. The van der Waals surface area contributed by atoms with Gasteiger partial charge in [-0.25, -0.2) is 4.79 Å². The highest BCUT2D eigenvalue weighted by Crippen LogP contribution is 2.06. The van der Waals surface area contributed by atoms with Crippen LogP contribution in [0.15, 0.2) is 30.3 Å². The van der Waals surface area contributed by atoms with Crippen molar-refractivity contribution in [2.24, 2.45) is 0 Å². The Labute approximate surface area is 150 Å². The van der Waals surface area contributed by atoms with Gasteiger partial charge < -0.3 is 14.8 Å². The number of carbonyl (C=O) groups is 2. The summed E-state index contributed by atoms with van der Waals surface area (Å²) in [6.45, 7) is 9.72. The van der Waals surface area contributed by atoms with E-state index in [9.17, 15) is 9.59 Å². The molecule has 0 saturated heterocycles. The summed E-state index contributed by atoms with van der Waals surface area (Å²) < 4.78 is 10.5. The van der Waals surface area contributed by atoms with Gasteiger partial charge in [-0.1, -0.05) is 37.3 Å². The Hall–Kier alpha value is -2.08. The fourth-order valence-corrected chi connectivity index (χ4v) is 2.18. The summed E-state index contributed by atoms with van der Waals surface area (Å²) in [5, 5.41) is 2.70. The van der Waals surface area contributed by atoms with Crippen LogP contribution >= 0.6 is 0 Å². The molecule has 0 aliphatic heterocycles. The quantitative estimate of drug-likeness (QED) is 0.694. The highest BCUT2D eigenvalue weighted by molar-refractivity contribution is 5.71. The third kappa shape index (κ3) is 10.4. The van der Waals surface area contributed by atoms with Crippen molar-refractivity contribution >= 4 is 12.1 Å². The summed E-state index contributed by atoms with van der Waals surface area (Å²) in [5.74, 6) is -0.269. The first-order valence-electron chi connectivity index (χ1n) is 8.69. The summed E-state index contributed by atoms with van der Waals surface area (Å²) in [6, 6.07) is 9.58. The minimum Gasteiger partial charge on any atom is -0.460 e. The zero-order chi connectivity index (χ0) is 18.7. The van der Waals surface area contributed by atoms with Gasteiger partial charge in [-0.15, -0.1) is 0 Å². The number of hydrogen-bond donors (Lipinski definition) is 1. The van der Waals surface area contributed by atoms with Gasteiger partial charge in [0, 0.05) is 13.1 Å². The summed E-state index contributed by atoms with van der Waals surface area (Å²) >= 11 is 0. The van der Waals surface area contributed by atoms with Crippen LogP contribution in [0.3, 0.4) is 0 Å². The van der Waals surface area contributed by atoms with Crippen molar-refractivity contribution < 1.29 is 19.1 Å². The number of alkyl carbamates (subject to hydrolysis) is 1. The average Bonchev–Trinajstić information content (AvgIpc) is 2.52. The van der Waals surface area contributed by atoms with E-state index in [1.165, 1.54) is 0 Å². The molecule has 0 spiro atoms. The molecule has 0 saturated carbocycles. The largest absolute Gasteiger partial charge is 0.460 e. The van der Waals surface area contributed by atoms with E-state index in [2.05, 4.69) is 5.32 Å². The third-order valence-corrected chi connectivity index (χ3v) is 3.23. The first kappa shape index (κ1) is 21.0. The number of nitrogens with one attached hydrogen (secondary N) is 1. The van der Waals surface area contributed by atoms with E-state index in [-0.39, 0.29) is 19.1 Å². The van der Waals surface area contributed by atoms with Crippen LogP contribution in [0, 0.1) is 0 Å². The molecule has 0 fully saturated rings. The Morgan fingerprint density at radius 2 is 1.80 bits per heavy atom. The molecule has 1 aromatic rings. The number of ether oxygens (including phenoxy) is 2. The van der Waals surface area contributed by atoms with Gasteiger partial charge in [0.2, 0.25) is 0 Å². The van der Waals surface area contributed by atoms with Crippen molar-refractivity contribution in [1.29, 1.82) is 0 Å². The van der Waals surface area contributed by atoms with Gasteiger partial charge in [0.1, 0.15) is 12.2 Å². The maximum absolute atomic E-state index is 12.0. The van der Waals surface area contributed by atoms with Crippen LogP contribution in [0.4, 0.5) is 4.79 Å². The summed E-state index contributed by atoms with van der Waals surface area (Å²) in [4.78, 5) is 25.6. The number of rotatable bonds is 9. The third-order valence-electron chi connectivity index (χ3n) is 3.23. The Bertz CT molecular complexity index is 526. The number of amides is 1. The number of benzene rings is 1. The Morgan fingerprint density at radius 3 is 2.40 bits per heavy atom. The molecular formula is C19H30N2O4. The van der Waals surface area contributed by atoms with Crippen LogP contribution in [-0.4, -0.2) is 48.7 Å². The van der Waals surface area contributed by atoms with Crippen molar-refractivity contribution in [1.82, 2.24) is 10.2 Å². The van der Waals surface area contributed by atoms with Gasteiger partial charge in [-0.3, -0.25) is 9.69 Å². The summed E-state index contributed by atoms with van der Waals surface area (Å²) in [7, 11) is 0. The molecule has 6 nitrogen and oxygen atoms in total. The van der Waals surface area contributed by atoms with Crippen molar-refractivity contribution in [2.45, 2.75) is 46.3 Å². The van der Waals surface area contributed by atoms with Gasteiger partial charge in [0.25, 0.3) is 0 Å². The van der Waals surface area contributed by atoms with Crippen molar-refractivity contribution in [3.63, 3.8) is 0 Å². The van der Waals surface area contributed by atoms with E-state index >= 15 is 0 Å². The SMILES string of the molecule is CCCN(CCNC(=O)OC(C)(C)C)CC(=O)OCc1ccccc1. The molecule has 0 aliphatic carbocycles. The fourth-order valence-electron chi connectivity index (χ4n) is 2.18. The minimum atomic E-state index is -0.519. The van der Waals surface area contributed by atoms with E-state index < -0.39 is 11.7 Å². The molecule has 25 heavy (non-hydrogen) atoms. The van der Waals surface area contributed by atoms with Crippen LogP contribution in [0.5, 0.6) is 0 Å². The monoisotopic (exact) mass is 350 g/mol. The van der Waals surface area contributed by atoms with Gasteiger partial charge in [0.05, 0.1) is 6.54 Å². The van der Waals surface area contributed by atoms with Gasteiger partial charge in [-0.2, -0.15) is 0 Å². The minimum absolute atomic E-state index is 0.205. The maximum atomic E-state index is 12.0. The van der Waals surface area contributed by atoms with Crippen molar-refractivity contribution in [2.75, 3.05) is 26.2 Å². The molecule has 0 atom stereocenters. The molecule has 6 heteroatoms. The van der Waals surface area contributed by atoms with Crippen molar-refractivity contribution in [3.05, 3.63) is 35.9 Å². The second-order valence-corrected chi connectivity index (χ2v) is 6.85. The number of esters is 1. The van der Waals surface area contributed by atoms with E-state index in [0.717, 1.165) is 18.5 Å². The van der Waals surface area contributed by atoms with E-state index in [0.29, 0.717) is 13.1 Å². The standard InChI is InChI=1S/C19H30N2O4/c1-5-12-21(13-11-20-18(23)25-19(2,3)4)14-17(22)24-15-16-9-7-6-8-10-16/h6-10H,5,11-15H2,1-4H3,(H,20,23). The first-order chi connectivity index (χ1) is 11.8. The molecule has 1 aromatic carbocycles. The van der Waals surface area contributed by atoms with Gasteiger partial charge in [-0.05, 0) is 39.3 Å². The molecule has 0 heterocycles. The van der Waals surface area contributed by atoms with Crippen LogP contribution in [-0.2, 0) is 20.9 Å². The topological polar surface area (TPSA) is 67.9 Å². The van der Waals surface area contributed by atoms with Crippen LogP contribution in [0.1, 0.15) is 39.7 Å². The van der Waals surface area contributed by atoms with Gasteiger partial charge >= 0.3 is 12.1 Å². The lowest BCUT2D eigenvalue weighted by molar-refractivity contribution is -0.146. The lowest BCUT2D eigenvalue weighted by Crippen LogP contribution is -2.40. The number of carbonyl (C=O) groups excluding carboxylic acids is 2. The van der Waals surface area contributed by atoms with Crippen LogP contribution in [0.2, 0.25) is 0 Å². The molecule has 0 bridgehead atoms. The van der Waals surface area contributed by atoms with Gasteiger partial charge in [0.15, 0.2) is 0 Å². The normalized spacial score (nSPS) is 11.2. The fraction of sp³-hybridized carbons (Fsp3) is 0.579. The summed E-state index contributed by atoms with van der Waals surface area (Å²) in [6.07, 6.45) is 0.467. The van der Waals surface area contributed by atoms with E-state index in [1.54, 1.807) is 0 Å². The zero-order valence-corrected chi connectivity index (χ0v) is 15.7. The predicted octanol–water partition coefficient (Wildman–Crippen LogP) is 2.97. The van der Waals surface area contributed by atoms with E-state index in [1.807, 2.05) is 62.9 Å². The molecule has 0 aliphatic rings. The molecule has 1 amide bonds. The molecule has 0 aromatic heterocycles. The highest BCUT2D eigenvalue weighted by atomic mass is 16.6. The molecule has 1 rings (SSSR count). The Morgan fingerprint density at radius 1 is 1.12 bits per heavy atom. The molecule has 1 N–H and O–H groups in total. The maximum Gasteiger partial charge on any atom is 0.407 e. The smallest absolute Gasteiger partial charge is 0.407 e. The average molecular weight is 350 g/mol. The van der Waals surface area contributed by atoms with E-state index in [4.69, 9.17) is 9.47 Å². The first-order valence-corrected chi connectivity index (χ1v) is 8.69. The number of hydrogen-bond acceptors (Lipinski definition) is 5. The molecule has 0 unspecified atom stereocenters. The lowest BCUT2D eigenvalue weighted by atomic mass is 10.2. The van der Waals surface area contributed by atoms with Crippen LogP contribution in [0.25, 0.3) is 0 Å². The zero-order valence-electron chi connectivity index (χ0n) is 15.7.